The third-order valence-electron chi connectivity index (χ3n) is 3.36. The summed E-state index contributed by atoms with van der Waals surface area (Å²) >= 11 is 0. The van der Waals surface area contributed by atoms with Gasteiger partial charge < -0.3 is 9.47 Å². The first-order chi connectivity index (χ1) is 11.3. The van der Waals surface area contributed by atoms with E-state index in [1.165, 1.54) is 0 Å². The van der Waals surface area contributed by atoms with E-state index in [0.717, 1.165) is 16.7 Å². The Kier molecular flexibility index (Phi) is 4.69. The second-order valence-electron chi connectivity index (χ2n) is 5.02. The Labute approximate surface area is 135 Å². The monoisotopic (exact) mass is 304 g/mol. The molecule has 23 heavy (non-hydrogen) atoms. The van der Waals surface area contributed by atoms with E-state index in [1.807, 2.05) is 72.8 Å². The summed E-state index contributed by atoms with van der Waals surface area (Å²) in [4.78, 5) is 11.7. The number of carbonyl (C=O) groups excluding carboxylic acids is 1. The van der Waals surface area contributed by atoms with Gasteiger partial charge in [0, 0.05) is 0 Å². The number of rotatable bonds is 4. The summed E-state index contributed by atoms with van der Waals surface area (Å²) in [5.74, 6) is 0.461. The van der Waals surface area contributed by atoms with Crippen LogP contribution in [-0.4, -0.2) is 6.16 Å². The lowest BCUT2D eigenvalue weighted by atomic mass is 10.1. The molecule has 3 aromatic rings. The van der Waals surface area contributed by atoms with Crippen LogP contribution in [0.4, 0.5) is 4.79 Å². The van der Waals surface area contributed by atoms with Crippen LogP contribution in [0.25, 0.3) is 11.1 Å². The van der Waals surface area contributed by atoms with E-state index in [4.69, 9.17) is 9.47 Å². The Hall–Kier alpha value is -3.07. The molecule has 3 rings (SSSR count). The predicted octanol–water partition coefficient (Wildman–Crippen LogP) is 5.07. The fraction of sp³-hybridized carbons (Fsp3) is 0.0500. The highest BCUT2D eigenvalue weighted by Gasteiger charge is 2.06. The highest BCUT2D eigenvalue weighted by molar-refractivity contribution is 5.67. The lowest BCUT2D eigenvalue weighted by molar-refractivity contribution is 0.0928. The van der Waals surface area contributed by atoms with Gasteiger partial charge in [0.15, 0.2) is 0 Å². The first kappa shape index (κ1) is 14.9. The van der Waals surface area contributed by atoms with Gasteiger partial charge in [0.1, 0.15) is 12.4 Å². The van der Waals surface area contributed by atoms with Crippen molar-refractivity contribution in [1.82, 2.24) is 0 Å². The fourth-order valence-electron chi connectivity index (χ4n) is 2.19. The molecule has 0 saturated heterocycles. The average molecular weight is 304 g/mol. The second kappa shape index (κ2) is 7.27. The van der Waals surface area contributed by atoms with E-state index in [2.05, 4.69) is 0 Å². The molecule has 3 aromatic carbocycles. The maximum absolute atomic E-state index is 11.7. The molecule has 3 heteroatoms. The van der Waals surface area contributed by atoms with Crippen LogP contribution < -0.4 is 4.74 Å². The van der Waals surface area contributed by atoms with E-state index in [9.17, 15) is 4.79 Å². The molecule has 0 heterocycles. The summed E-state index contributed by atoms with van der Waals surface area (Å²) < 4.78 is 10.3. The average Bonchev–Trinajstić information content (AvgIpc) is 2.62. The normalized spacial score (nSPS) is 10.1. The van der Waals surface area contributed by atoms with Crippen LogP contribution in [0.15, 0.2) is 84.9 Å². The van der Waals surface area contributed by atoms with Crippen molar-refractivity contribution in [3.8, 4) is 16.9 Å². The van der Waals surface area contributed by atoms with Gasteiger partial charge in [-0.05, 0) is 28.8 Å². The summed E-state index contributed by atoms with van der Waals surface area (Å²) in [7, 11) is 0. The number of ether oxygens (including phenoxy) is 2. The van der Waals surface area contributed by atoms with Gasteiger partial charge >= 0.3 is 6.16 Å². The minimum absolute atomic E-state index is 0.196. The van der Waals surface area contributed by atoms with E-state index in [-0.39, 0.29) is 6.61 Å². The van der Waals surface area contributed by atoms with Crippen molar-refractivity contribution >= 4 is 6.16 Å². The molecular weight excluding hydrogens is 288 g/mol. The minimum atomic E-state index is -0.707. The van der Waals surface area contributed by atoms with Crippen LogP contribution in [0.5, 0.6) is 5.75 Å². The Balaban J connectivity index is 1.57. The van der Waals surface area contributed by atoms with Crippen molar-refractivity contribution in [2.75, 3.05) is 0 Å². The predicted molar refractivity (Wildman–Crippen MR) is 89.1 cm³/mol. The molecule has 0 amide bonds. The van der Waals surface area contributed by atoms with E-state index in [1.54, 1.807) is 12.1 Å². The van der Waals surface area contributed by atoms with Crippen molar-refractivity contribution < 1.29 is 14.3 Å². The molecule has 0 saturated carbocycles. The second-order valence-corrected chi connectivity index (χ2v) is 5.02. The lowest BCUT2D eigenvalue weighted by Gasteiger charge is -2.07. The SMILES string of the molecule is O=C(OCc1ccccc1)Oc1ccc(-c2ccccc2)cc1. The summed E-state index contributed by atoms with van der Waals surface area (Å²) in [6, 6.07) is 26.8. The van der Waals surface area contributed by atoms with Crippen LogP contribution in [0.3, 0.4) is 0 Å². The van der Waals surface area contributed by atoms with E-state index < -0.39 is 6.16 Å². The zero-order valence-corrected chi connectivity index (χ0v) is 12.5. The molecule has 114 valence electrons. The number of hydrogen-bond acceptors (Lipinski definition) is 3. The maximum atomic E-state index is 11.7. The van der Waals surface area contributed by atoms with Crippen molar-refractivity contribution in [3.05, 3.63) is 90.5 Å². The third kappa shape index (κ3) is 4.20. The largest absolute Gasteiger partial charge is 0.514 e. The van der Waals surface area contributed by atoms with E-state index >= 15 is 0 Å². The molecule has 0 fully saturated rings. The number of benzene rings is 3. The number of hydrogen-bond donors (Lipinski definition) is 0. The zero-order chi connectivity index (χ0) is 15.9. The van der Waals surface area contributed by atoms with Crippen molar-refractivity contribution in [2.24, 2.45) is 0 Å². The molecule has 0 atom stereocenters. The minimum Gasteiger partial charge on any atom is -0.429 e. The van der Waals surface area contributed by atoms with Gasteiger partial charge in [0.2, 0.25) is 0 Å². The summed E-state index contributed by atoms with van der Waals surface area (Å²) in [5.41, 5.74) is 3.10. The zero-order valence-electron chi connectivity index (χ0n) is 12.5. The fourth-order valence-corrected chi connectivity index (χ4v) is 2.19. The van der Waals surface area contributed by atoms with Gasteiger partial charge in [0.25, 0.3) is 0 Å². The summed E-state index contributed by atoms with van der Waals surface area (Å²) in [5, 5.41) is 0. The van der Waals surface area contributed by atoms with Crippen LogP contribution in [0, 0.1) is 0 Å². The Bertz CT molecular complexity index is 750. The highest BCUT2D eigenvalue weighted by Crippen LogP contribution is 2.22. The van der Waals surface area contributed by atoms with Crippen LogP contribution >= 0.6 is 0 Å². The molecular formula is C20H16O3. The molecule has 0 spiro atoms. The lowest BCUT2D eigenvalue weighted by Crippen LogP contribution is -2.10. The van der Waals surface area contributed by atoms with Gasteiger partial charge in [-0.2, -0.15) is 0 Å². The van der Waals surface area contributed by atoms with Crippen molar-refractivity contribution in [3.63, 3.8) is 0 Å². The quantitative estimate of drug-likeness (QED) is 0.498. The van der Waals surface area contributed by atoms with Gasteiger partial charge in [-0.1, -0.05) is 72.8 Å². The first-order valence-electron chi connectivity index (χ1n) is 7.35. The standard InChI is InChI=1S/C20H16O3/c21-20(22-15-16-7-3-1-4-8-16)23-19-13-11-18(12-14-19)17-9-5-2-6-10-17/h1-14H,15H2. The Morgan fingerprint density at radius 2 is 1.26 bits per heavy atom. The van der Waals surface area contributed by atoms with Crippen LogP contribution in [-0.2, 0) is 11.3 Å². The van der Waals surface area contributed by atoms with Crippen LogP contribution in [0.2, 0.25) is 0 Å². The Morgan fingerprint density at radius 3 is 1.91 bits per heavy atom. The topological polar surface area (TPSA) is 35.5 Å². The molecule has 0 radical (unpaired) electrons. The first-order valence-corrected chi connectivity index (χ1v) is 7.35. The molecule has 0 unspecified atom stereocenters. The summed E-state index contributed by atoms with van der Waals surface area (Å²) in [6.07, 6.45) is -0.707. The van der Waals surface area contributed by atoms with E-state index in [0.29, 0.717) is 5.75 Å². The summed E-state index contributed by atoms with van der Waals surface area (Å²) in [6.45, 7) is 0.196. The molecule has 0 aliphatic heterocycles. The molecule has 0 aliphatic carbocycles. The Morgan fingerprint density at radius 1 is 0.696 bits per heavy atom. The molecule has 0 aliphatic rings. The van der Waals surface area contributed by atoms with Gasteiger partial charge in [-0.3, -0.25) is 0 Å². The van der Waals surface area contributed by atoms with Crippen molar-refractivity contribution in [2.45, 2.75) is 6.61 Å². The molecule has 0 aromatic heterocycles. The van der Waals surface area contributed by atoms with Gasteiger partial charge in [-0.25, -0.2) is 4.79 Å². The third-order valence-corrected chi connectivity index (χ3v) is 3.36. The molecule has 3 nitrogen and oxygen atoms in total. The van der Waals surface area contributed by atoms with Crippen LogP contribution in [0.1, 0.15) is 5.56 Å². The smallest absolute Gasteiger partial charge is 0.429 e. The molecule has 0 bridgehead atoms. The van der Waals surface area contributed by atoms with Crippen molar-refractivity contribution in [1.29, 1.82) is 0 Å². The molecule has 0 N–H and O–H groups in total. The van der Waals surface area contributed by atoms with Gasteiger partial charge in [0.05, 0.1) is 0 Å². The highest BCUT2D eigenvalue weighted by atomic mass is 16.7. The maximum Gasteiger partial charge on any atom is 0.514 e. The van der Waals surface area contributed by atoms with Gasteiger partial charge in [-0.15, -0.1) is 0 Å². The number of carbonyl (C=O) groups is 1.